The average molecular weight is 313 g/mol. The van der Waals surface area contributed by atoms with Crippen LogP contribution in [0, 0.1) is 5.41 Å². The Morgan fingerprint density at radius 1 is 1.33 bits per heavy atom. The summed E-state index contributed by atoms with van der Waals surface area (Å²) in [7, 11) is 6.15. The van der Waals surface area contributed by atoms with E-state index in [1.54, 1.807) is 12.1 Å². The zero-order valence-electron chi connectivity index (χ0n) is 13.5. The van der Waals surface area contributed by atoms with Crippen molar-refractivity contribution in [2.45, 2.75) is 19.4 Å². The van der Waals surface area contributed by atoms with Crippen molar-refractivity contribution in [3.05, 3.63) is 11.9 Å². The average Bonchev–Trinajstić information content (AvgIpc) is 2.45. The van der Waals surface area contributed by atoms with Crippen LogP contribution in [-0.4, -0.2) is 84.3 Å². The van der Waals surface area contributed by atoms with Gasteiger partial charge in [0, 0.05) is 51.9 Å². The molecule has 0 aromatic heterocycles. The fourth-order valence-corrected chi connectivity index (χ4v) is 3.48. The molecule has 2 saturated heterocycles. The normalized spacial score (nSPS) is 25.1. The van der Waals surface area contributed by atoms with E-state index in [4.69, 9.17) is 10.1 Å². The maximum absolute atomic E-state index is 8.40. The quantitative estimate of drug-likeness (QED) is 0.481. The molecule has 1 N–H and O–H groups in total. The SMILES string of the molecule is C[C@@H]1COCCN1/C(=C/C(=N)N1CCCN(C)S1)N(C)C. The highest BCUT2D eigenvalue weighted by atomic mass is 32.2. The second-order valence-electron chi connectivity index (χ2n) is 5.79. The van der Waals surface area contributed by atoms with Gasteiger partial charge in [0.15, 0.2) is 0 Å². The van der Waals surface area contributed by atoms with Crippen LogP contribution in [0.3, 0.4) is 0 Å². The molecule has 2 rings (SSSR count). The monoisotopic (exact) mass is 313 g/mol. The predicted molar refractivity (Wildman–Crippen MR) is 88.0 cm³/mol. The first-order valence-electron chi connectivity index (χ1n) is 7.47. The van der Waals surface area contributed by atoms with Crippen LogP contribution in [-0.2, 0) is 4.74 Å². The van der Waals surface area contributed by atoms with Gasteiger partial charge in [-0.05, 0) is 20.4 Å². The Hall–Kier alpha value is -0.920. The largest absolute Gasteiger partial charge is 0.377 e. The minimum Gasteiger partial charge on any atom is -0.377 e. The molecule has 0 aromatic rings. The molecule has 2 heterocycles. The summed E-state index contributed by atoms with van der Waals surface area (Å²) in [6.07, 6.45) is 3.08. The fourth-order valence-electron chi connectivity index (χ4n) is 2.58. The molecule has 2 aliphatic rings. The topological polar surface area (TPSA) is 46.0 Å². The van der Waals surface area contributed by atoms with E-state index in [-0.39, 0.29) is 0 Å². The van der Waals surface area contributed by atoms with Crippen molar-refractivity contribution in [2.24, 2.45) is 0 Å². The van der Waals surface area contributed by atoms with E-state index in [0.29, 0.717) is 11.9 Å². The third-order valence-electron chi connectivity index (χ3n) is 3.73. The van der Waals surface area contributed by atoms with E-state index >= 15 is 0 Å². The molecule has 120 valence electrons. The number of rotatable bonds is 3. The molecule has 0 aliphatic carbocycles. The van der Waals surface area contributed by atoms with Gasteiger partial charge in [0.2, 0.25) is 0 Å². The maximum atomic E-state index is 8.40. The Balaban J connectivity index is 2.10. The molecule has 1 atom stereocenters. The Morgan fingerprint density at radius 2 is 2.10 bits per heavy atom. The zero-order chi connectivity index (χ0) is 15.4. The summed E-state index contributed by atoms with van der Waals surface area (Å²) in [5.74, 6) is 1.65. The van der Waals surface area contributed by atoms with Crippen LogP contribution in [0.2, 0.25) is 0 Å². The van der Waals surface area contributed by atoms with E-state index in [9.17, 15) is 0 Å². The van der Waals surface area contributed by atoms with Gasteiger partial charge < -0.3 is 14.5 Å². The number of nitrogens with one attached hydrogen (secondary N) is 1. The van der Waals surface area contributed by atoms with Crippen molar-refractivity contribution in [1.82, 2.24) is 18.4 Å². The van der Waals surface area contributed by atoms with E-state index in [2.05, 4.69) is 32.4 Å². The van der Waals surface area contributed by atoms with Gasteiger partial charge in [-0.15, -0.1) is 0 Å². The van der Waals surface area contributed by atoms with Crippen molar-refractivity contribution in [1.29, 1.82) is 5.41 Å². The lowest BCUT2D eigenvalue weighted by molar-refractivity contribution is 0.00561. The number of amidine groups is 1. The molecule has 0 aromatic carbocycles. The summed E-state index contributed by atoms with van der Waals surface area (Å²) >= 11 is 1.63. The summed E-state index contributed by atoms with van der Waals surface area (Å²) in [4.78, 5) is 4.42. The molecule has 2 fully saturated rings. The number of ether oxygens (including phenoxy) is 1. The first-order valence-corrected chi connectivity index (χ1v) is 8.21. The summed E-state index contributed by atoms with van der Waals surface area (Å²) in [5.41, 5.74) is 0. The van der Waals surface area contributed by atoms with Gasteiger partial charge in [-0.2, -0.15) is 0 Å². The van der Waals surface area contributed by atoms with Gasteiger partial charge in [0.25, 0.3) is 0 Å². The minimum absolute atomic E-state index is 0.344. The zero-order valence-corrected chi connectivity index (χ0v) is 14.3. The Kier molecular flexibility index (Phi) is 5.78. The van der Waals surface area contributed by atoms with Crippen LogP contribution in [0.15, 0.2) is 11.9 Å². The van der Waals surface area contributed by atoms with Crippen LogP contribution in [0.4, 0.5) is 0 Å². The lowest BCUT2D eigenvalue weighted by atomic mass is 10.2. The van der Waals surface area contributed by atoms with Gasteiger partial charge in [0.05, 0.1) is 19.3 Å². The van der Waals surface area contributed by atoms with Crippen LogP contribution >= 0.6 is 12.1 Å². The number of hydrogen-bond acceptors (Lipinski definition) is 6. The molecule has 2 aliphatic heterocycles. The highest BCUT2D eigenvalue weighted by molar-refractivity contribution is 7.95. The number of hydrogen-bond donors (Lipinski definition) is 1. The van der Waals surface area contributed by atoms with Gasteiger partial charge >= 0.3 is 0 Å². The van der Waals surface area contributed by atoms with Gasteiger partial charge in [-0.1, -0.05) is 0 Å². The molecule has 0 unspecified atom stereocenters. The molecular weight excluding hydrogens is 286 g/mol. The molecule has 0 saturated carbocycles. The molecule has 21 heavy (non-hydrogen) atoms. The molecule has 6 nitrogen and oxygen atoms in total. The van der Waals surface area contributed by atoms with Gasteiger partial charge in [-0.3, -0.25) is 9.71 Å². The van der Waals surface area contributed by atoms with Crippen LogP contribution in [0.25, 0.3) is 0 Å². The van der Waals surface area contributed by atoms with Gasteiger partial charge in [-0.25, -0.2) is 4.31 Å². The number of morpholine rings is 1. The molecule has 0 spiro atoms. The molecule has 0 bridgehead atoms. The maximum Gasteiger partial charge on any atom is 0.135 e. The molecular formula is C14H27N5OS. The van der Waals surface area contributed by atoms with E-state index in [1.807, 2.05) is 20.2 Å². The lowest BCUT2D eigenvalue weighted by Crippen LogP contribution is -2.46. The second-order valence-corrected chi connectivity index (χ2v) is 7.02. The fraction of sp³-hybridized carbons (Fsp3) is 0.786. The van der Waals surface area contributed by atoms with Crippen molar-refractivity contribution < 1.29 is 4.74 Å². The standard InChI is InChI=1S/C14H27N5OS/c1-12-11-20-9-8-18(12)14(16(2)3)10-13(15)19-7-5-6-17(4)21-19/h10,12,15H,5-9,11H2,1-4H3/b14-10+,15-13?/t12-/m1/s1. The summed E-state index contributed by atoms with van der Waals surface area (Å²) < 4.78 is 9.75. The molecule has 7 heteroatoms. The van der Waals surface area contributed by atoms with Crippen molar-refractivity contribution in [3.63, 3.8) is 0 Å². The summed E-state index contributed by atoms with van der Waals surface area (Å²) in [6.45, 7) is 6.57. The Bertz CT molecular complexity index is 401. The van der Waals surface area contributed by atoms with Crippen LogP contribution < -0.4 is 0 Å². The smallest absolute Gasteiger partial charge is 0.135 e. The van der Waals surface area contributed by atoms with Crippen molar-refractivity contribution >= 4 is 18.0 Å². The van der Waals surface area contributed by atoms with E-state index < -0.39 is 0 Å². The third-order valence-corrected chi connectivity index (χ3v) is 4.76. The van der Waals surface area contributed by atoms with Crippen molar-refractivity contribution in [2.75, 3.05) is 54.0 Å². The molecule has 0 radical (unpaired) electrons. The summed E-state index contributed by atoms with van der Waals surface area (Å²) in [5, 5.41) is 8.40. The minimum atomic E-state index is 0.344. The van der Waals surface area contributed by atoms with Crippen LogP contribution in [0.1, 0.15) is 13.3 Å². The summed E-state index contributed by atoms with van der Waals surface area (Å²) in [6, 6.07) is 0.344. The highest BCUT2D eigenvalue weighted by Crippen LogP contribution is 2.22. The Morgan fingerprint density at radius 3 is 2.71 bits per heavy atom. The Labute approximate surface area is 132 Å². The van der Waals surface area contributed by atoms with E-state index in [1.165, 1.54) is 0 Å². The third kappa shape index (κ3) is 4.28. The first kappa shape index (κ1) is 16.5. The number of nitrogens with zero attached hydrogens (tertiary/aromatic N) is 4. The first-order chi connectivity index (χ1) is 9.99. The van der Waals surface area contributed by atoms with E-state index in [0.717, 1.165) is 45.1 Å². The second kappa shape index (κ2) is 7.38. The lowest BCUT2D eigenvalue weighted by Gasteiger charge is -2.40. The highest BCUT2D eigenvalue weighted by Gasteiger charge is 2.24. The van der Waals surface area contributed by atoms with Crippen molar-refractivity contribution in [3.8, 4) is 0 Å². The predicted octanol–water partition coefficient (Wildman–Crippen LogP) is 1.29. The van der Waals surface area contributed by atoms with Gasteiger partial charge in [0.1, 0.15) is 11.7 Å². The van der Waals surface area contributed by atoms with Crippen LogP contribution in [0.5, 0.6) is 0 Å². The molecule has 0 amide bonds.